The molecule has 0 radical (unpaired) electrons. The van der Waals surface area contributed by atoms with Crippen LogP contribution in [-0.4, -0.2) is 44.5 Å². The first-order valence-corrected chi connectivity index (χ1v) is 13.1. The van der Waals surface area contributed by atoms with Crippen LogP contribution in [-0.2, 0) is 16.4 Å². The number of rotatable bonds is 5. The van der Waals surface area contributed by atoms with Crippen molar-refractivity contribution >= 4 is 26.4 Å². The van der Waals surface area contributed by atoms with E-state index in [1.54, 1.807) is 18.3 Å². The highest BCUT2D eigenvalue weighted by Gasteiger charge is 2.29. The number of hydrogen-bond acceptors (Lipinski definition) is 5. The van der Waals surface area contributed by atoms with Crippen LogP contribution >= 0.6 is 0 Å². The first kappa shape index (κ1) is 22.6. The van der Waals surface area contributed by atoms with Gasteiger partial charge in [-0.2, -0.15) is 0 Å². The molecular formula is C28H29N3O2S. The van der Waals surface area contributed by atoms with E-state index in [1.807, 2.05) is 50.2 Å². The number of aryl methyl sites for hydroxylation is 2. The Morgan fingerprint density at radius 2 is 1.53 bits per heavy atom. The number of piperazine rings is 1. The zero-order valence-electron chi connectivity index (χ0n) is 19.6. The summed E-state index contributed by atoms with van der Waals surface area (Å²) < 4.78 is 27.7. The van der Waals surface area contributed by atoms with Gasteiger partial charge in [-0.05, 0) is 48.7 Å². The largest absolute Gasteiger partial charge is 0.367 e. The van der Waals surface area contributed by atoms with Crippen LogP contribution in [0.15, 0.2) is 88.8 Å². The Bertz CT molecular complexity index is 1430. The van der Waals surface area contributed by atoms with Crippen molar-refractivity contribution in [1.29, 1.82) is 0 Å². The topological polar surface area (TPSA) is 53.5 Å². The molecule has 1 aromatic heterocycles. The molecule has 0 atom stereocenters. The van der Waals surface area contributed by atoms with E-state index in [0.29, 0.717) is 4.90 Å². The fraction of sp³-hybridized carbons (Fsp3) is 0.250. The Morgan fingerprint density at radius 3 is 2.26 bits per heavy atom. The monoisotopic (exact) mass is 471 g/mol. The Kier molecular flexibility index (Phi) is 6.11. The van der Waals surface area contributed by atoms with Crippen molar-refractivity contribution in [1.82, 2.24) is 9.88 Å². The van der Waals surface area contributed by atoms with Gasteiger partial charge in [0, 0.05) is 44.3 Å². The van der Waals surface area contributed by atoms with Crippen molar-refractivity contribution in [3.8, 4) is 0 Å². The molecule has 0 bridgehead atoms. The lowest BCUT2D eigenvalue weighted by Gasteiger charge is -2.37. The van der Waals surface area contributed by atoms with E-state index in [-0.39, 0.29) is 4.90 Å². The highest BCUT2D eigenvalue weighted by Crippen LogP contribution is 2.36. The van der Waals surface area contributed by atoms with Gasteiger partial charge in [-0.15, -0.1) is 0 Å². The van der Waals surface area contributed by atoms with Crippen LogP contribution in [0.1, 0.15) is 16.7 Å². The zero-order chi connectivity index (χ0) is 23.7. The maximum absolute atomic E-state index is 13.8. The van der Waals surface area contributed by atoms with Gasteiger partial charge in [0.15, 0.2) is 0 Å². The maximum atomic E-state index is 13.8. The van der Waals surface area contributed by atoms with E-state index in [2.05, 4.69) is 39.0 Å². The van der Waals surface area contributed by atoms with Crippen LogP contribution in [0.4, 0.5) is 5.69 Å². The number of hydrogen-bond donors (Lipinski definition) is 0. The fourth-order valence-corrected chi connectivity index (χ4v) is 6.13. The smallest absolute Gasteiger partial charge is 0.210 e. The summed E-state index contributed by atoms with van der Waals surface area (Å²) >= 11 is 0. The molecule has 1 aliphatic heterocycles. The quantitative estimate of drug-likeness (QED) is 0.410. The van der Waals surface area contributed by atoms with Crippen LogP contribution < -0.4 is 4.90 Å². The van der Waals surface area contributed by atoms with E-state index < -0.39 is 9.84 Å². The summed E-state index contributed by atoms with van der Waals surface area (Å²) in [5, 5.41) is 0.879. The zero-order valence-corrected chi connectivity index (χ0v) is 20.4. The van der Waals surface area contributed by atoms with E-state index in [4.69, 9.17) is 0 Å². The molecule has 1 aliphatic rings. The van der Waals surface area contributed by atoms with E-state index in [0.717, 1.165) is 60.4 Å². The number of fused-ring (bicyclic) bond motifs is 1. The average Bonchev–Trinajstić information content (AvgIpc) is 2.86. The van der Waals surface area contributed by atoms with Gasteiger partial charge in [0.1, 0.15) is 4.90 Å². The standard InChI is InChI=1S/C28H29N3O2S/c1-21-12-13-24(18-22(21)2)34(32,33)27-19-29-26-11-7-6-10-25(26)28(27)31-16-14-30(15-17-31)20-23-8-4-3-5-9-23/h3-13,18-19H,14-17,20H2,1-2H3. The number of pyridine rings is 1. The third kappa shape index (κ3) is 4.31. The predicted molar refractivity (Wildman–Crippen MR) is 137 cm³/mol. The number of para-hydroxylation sites is 1. The first-order chi connectivity index (χ1) is 16.4. The van der Waals surface area contributed by atoms with Crippen LogP contribution in [0.25, 0.3) is 10.9 Å². The van der Waals surface area contributed by atoms with Crippen LogP contribution in [0, 0.1) is 13.8 Å². The summed E-state index contributed by atoms with van der Waals surface area (Å²) in [6.07, 6.45) is 1.54. The predicted octanol–water partition coefficient (Wildman–Crippen LogP) is 5.01. The molecule has 174 valence electrons. The highest BCUT2D eigenvalue weighted by molar-refractivity contribution is 7.91. The molecule has 34 heavy (non-hydrogen) atoms. The summed E-state index contributed by atoms with van der Waals surface area (Å²) in [6, 6.07) is 23.6. The lowest BCUT2D eigenvalue weighted by atomic mass is 10.1. The van der Waals surface area contributed by atoms with Crippen LogP contribution in [0.5, 0.6) is 0 Å². The summed E-state index contributed by atoms with van der Waals surface area (Å²) in [5.74, 6) is 0. The van der Waals surface area contributed by atoms with Gasteiger partial charge in [-0.1, -0.05) is 54.6 Å². The van der Waals surface area contributed by atoms with Gasteiger partial charge in [-0.3, -0.25) is 9.88 Å². The lowest BCUT2D eigenvalue weighted by molar-refractivity contribution is 0.249. The van der Waals surface area contributed by atoms with E-state index in [9.17, 15) is 8.42 Å². The molecule has 1 saturated heterocycles. The molecule has 5 rings (SSSR count). The Hall–Kier alpha value is -3.22. The Labute approximate surface area is 201 Å². The minimum absolute atomic E-state index is 0.283. The third-order valence-electron chi connectivity index (χ3n) is 6.73. The van der Waals surface area contributed by atoms with Crippen LogP contribution in [0.3, 0.4) is 0 Å². The molecule has 0 N–H and O–H groups in total. The summed E-state index contributed by atoms with van der Waals surface area (Å²) in [6.45, 7) is 8.10. The number of nitrogens with zero attached hydrogens (tertiary/aromatic N) is 3. The van der Waals surface area contributed by atoms with Gasteiger partial charge >= 0.3 is 0 Å². The number of aromatic nitrogens is 1. The van der Waals surface area contributed by atoms with Crippen molar-refractivity contribution in [3.05, 3.63) is 95.7 Å². The average molecular weight is 472 g/mol. The second-order valence-electron chi connectivity index (χ2n) is 8.99. The van der Waals surface area contributed by atoms with Gasteiger partial charge in [0.25, 0.3) is 0 Å². The number of anilines is 1. The summed E-state index contributed by atoms with van der Waals surface area (Å²) in [7, 11) is -3.73. The Morgan fingerprint density at radius 1 is 0.824 bits per heavy atom. The fourth-order valence-electron chi connectivity index (χ4n) is 4.61. The molecular weight excluding hydrogens is 442 g/mol. The van der Waals surface area contributed by atoms with Gasteiger partial charge in [0.05, 0.1) is 16.1 Å². The van der Waals surface area contributed by atoms with Gasteiger partial charge < -0.3 is 4.90 Å². The van der Waals surface area contributed by atoms with Crippen molar-refractivity contribution in [2.24, 2.45) is 0 Å². The second-order valence-corrected chi connectivity index (χ2v) is 10.9. The molecule has 6 heteroatoms. The molecule has 5 nitrogen and oxygen atoms in total. The van der Waals surface area contributed by atoms with Crippen molar-refractivity contribution < 1.29 is 8.42 Å². The minimum Gasteiger partial charge on any atom is -0.367 e. The molecule has 0 aliphatic carbocycles. The molecule has 1 fully saturated rings. The first-order valence-electron chi connectivity index (χ1n) is 11.6. The van der Waals surface area contributed by atoms with Gasteiger partial charge in [0.2, 0.25) is 9.84 Å². The molecule has 0 amide bonds. The maximum Gasteiger partial charge on any atom is 0.210 e. The summed E-state index contributed by atoms with van der Waals surface area (Å²) in [5.41, 5.74) is 4.91. The second kappa shape index (κ2) is 9.20. The molecule has 0 unspecified atom stereocenters. The molecule has 2 heterocycles. The van der Waals surface area contributed by atoms with Crippen LogP contribution in [0.2, 0.25) is 0 Å². The lowest BCUT2D eigenvalue weighted by Crippen LogP contribution is -2.46. The molecule has 3 aromatic carbocycles. The molecule has 0 saturated carbocycles. The molecule has 0 spiro atoms. The number of benzene rings is 3. The highest BCUT2D eigenvalue weighted by atomic mass is 32.2. The van der Waals surface area contributed by atoms with E-state index >= 15 is 0 Å². The van der Waals surface area contributed by atoms with Crippen molar-refractivity contribution in [2.75, 3.05) is 31.1 Å². The number of sulfone groups is 1. The SMILES string of the molecule is Cc1ccc(S(=O)(=O)c2cnc3ccccc3c2N2CCN(Cc3ccccc3)CC2)cc1C. The van der Waals surface area contributed by atoms with E-state index in [1.165, 1.54) is 5.56 Å². The minimum atomic E-state index is -3.73. The summed E-state index contributed by atoms with van der Waals surface area (Å²) in [4.78, 5) is 9.77. The third-order valence-corrected chi connectivity index (χ3v) is 8.48. The Balaban J connectivity index is 1.52. The van der Waals surface area contributed by atoms with Crippen molar-refractivity contribution in [3.63, 3.8) is 0 Å². The normalized spacial score (nSPS) is 15.1. The van der Waals surface area contributed by atoms with Gasteiger partial charge in [-0.25, -0.2) is 8.42 Å². The molecule has 4 aromatic rings. The van der Waals surface area contributed by atoms with Crippen molar-refractivity contribution in [2.45, 2.75) is 30.2 Å².